The van der Waals surface area contributed by atoms with Crippen LogP contribution in [0.2, 0.25) is 0 Å². The van der Waals surface area contributed by atoms with Gasteiger partial charge in [0.1, 0.15) is 0 Å². The molecule has 1 heterocycles. The van der Waals surface area contributed by atoms with Gasteiger partial charge in [-0.05, 0) is 50.6 Å². The summed E-state index contributed by atoms with van der Waals surface area (Å²) in [7, 11) is 2.05. The molecule has 19 heavy (non-hydrogen) atoms. The molecular formula is C15H26N4. The van der Waals surface area contributed by atoms with Gasteiger partial charge < -0.3 is 10.6 Å². The third kappa shape index (κ3) is 4.46. The summed E-state index contributed by atoms with van der Waals surface area (Å²) in [4.78, 5) is 8.85. The van der Waals surface area contributed by atoms with Gasteiger partial charge in [-0.15, -0.1) is 0 Å². The fraction of sp³-hybridized carbons (Fsp3) is 0.733. The zero-order chi connectivity index (χ0) is 13.7. The van der Waals surface area contributed by atoms with Crippen LogP contribution in [-0.4, -0.2) is 29.1 Å². The van der Waals surface area contributed by atoms with Crippen LogP contribution in [0.25, 0.3) is 0 Å². The van der Waals surface area contributed by atoms with E-state index in [0.717, 1.165) is 12.4 Å². The van der Waals surface area contributed by atoms with E-state index in [2.05, 4.69) is 41.5 Å². The minimum atomic E-state index is 0.528. The number of hydrogen-bond donors (Lipinski definition) is 2. The molecular weight excluding hydrogens is 236 g/mol. The molecule has 0 saturated heterocycles. The van der Waals surface area contributed by atoms with E-state index < -0.39 is 0 Å². The lowest BCUT2D eigenvalue weighted by Crippen LogP contribution is -2.35. The second-order valence-electron chi connectivity index (χ2n) is 5.99. The lowest BCUT2D eigenvalue weighted by Gasteiger charge is -2.28. The molecule has 1 saturated carbocycles. The molecule has 1 aromatic rings. The van der Waals surface area contributed by atoms with Crippen LogP contribution in [0.5, 0.6) is 0 Å². The maximum atomic E-state index is 4.43. The molecule has 1 aromatic heterocycles. The van der Waals surface area contributed by atoms with E-state index in [-0.39, 0.29) is 0 Å². The van der Waals surface area contributed by atoms with Crippen LogP contribution >= 0.6 is 0 Å². The van der Waals surface area contributed by atoms with E-state index in [1.54, 1.807) is 0 Å². The van der Waals surface area contributed by atoms with Gasteiger partial charge in [-0.1, -0.05) is 13.8 Å². The Labute approximate surface area is 116 Å². The third-order valence-electron chi connectivity index (χ3n) is 3.82. The third-order valence-corrected chi connectivity index (χ3v) is 3.82. The lowest BCUT2D eigenvalue weighted by atomic mass is 9.91. The van der Waals surface area contributed by atoms with Crippen molar-refractivity contribution in [2.24, 2.45) is 5.92 Å². The number of rotatable bonds is 5. The highest BCUT2D eigenvalue weighted by Gasteiger charge is 2.20. The Morgan fingerprint density at radius 3 is 2.21 bits per heavy atom. The summed E-state index contributed by atoms with van der Waals surface area (Å²) in [5.41, 5.74) is 1.22. The smallest absolute Gasteiger partial charge is 0.222 e. The van der Waals surface area contributed by atoms with Crippen molar-refractivity contribution in [1.82, 2.24) is 15.3 Å². The first kappa shape index (κ1) is 14.3. The first-order valence-electron chi connectivity index (χ1n) is 7.42. The highest BCUT2D eigenvalue weighted by atomic mass is 15.1. The highest BCUT2D eigenvalue weighted by molar-refractivity contribution is 5.26. The molecule has 4 nitrogen and oxygen atoms in total. The van der Waals surface area contributed by atoms with Crippen molar-refractivity contribution in [1.29, 1.82) is 0 Å². The first-order chi connectivity index (χ1) is 9.17. The Kier molecular flexibility index (Phi) is 5.14. The van der Waals surface area contributed by atoms with Gasteiger partial charge in [-0.3, -0.25) is 0 Å². The summed E-state index contributed by atoms with van der Waals surface area (Å²) in [6.45, 7) is 4.43. The number of aromatic nitrogens is 2. The minimum absolute atomic E-state index is 0.528. The van der Waals surface area contributed by atoms with Gasteiger partial charge >= 0.3 is 0 Å². The Morgan fingerprint density at radius 2 is 1.68 bits per heavy atom. The number of hydrogen-bond acceptors (Lipinski definition) is 4. The van der Waals surface area contributed by atoms with Crippen molar-refractivity contribution in [2.75, 3.05) is 12.4 Å². The zero-order valence-electron chi connectivity index (χ0n) is 12.3. The SMILES string of the molecule is CNC1CCC(Nc2ncc(CC(C)C)cn2)CC1. The fourth-order valence-corrected chi connectivity index (χ4v) is 2.72. The van der Waals surface area contributed by atoms with Crippen molar-refractivity contribution in [3.63, 3.8) is 0 Å². The molecule has 2 N–H and O–H groups in total. The van der Waals surface area contributed by atoms with Crippen LogP contribution in [-0.2, 0) is 6.42 Å². The Hall–Kier alpha value is -1.16. The van der Waals surface area contributed by atoms with Crippen LogP contribution in [0.15, 0.2) is 12.4 Å². The molecule has 1 fully saturated rings. The predicted octanol–water partition coefficient (Wildman–Crippen LogP) is 2.62. The molecule has 106 valence electrons. The predicted molar refractivity (Wildman–Crippen MR) is 79.3 cm³/mol. The molecule has 2 rings (SSSR count). The molecule has 0 aromatic carbocycles. The molecule has 1 aliphatic carbocycles. The number of anilines is 1. The Bertz CT molecular complexity index is 366. The molecule has 0 bridgehead atoms. The Morgan fingerprint density at radius 1 is 1.11 bits per heavy atom. The quantitative estimate of drug-likeness (QED) is 0.856. The summed E-state index contributed by atoms with van der Waals surface area (Å²) in [5, 5.41) is 6.81. The van der Waals surface area contributed by atoms with Crippen LogP contribution in [0.4, 0.5) is 5.95 Å². The van der Waals surface area contributed by atoms with Crippen molar-refractivity contribution in [2.45, 2.75) is 58.0 Å². The van der Waals surface area contributed by atoms with Crippen LogP contribution in [0, 0.1) is 5.92 Å². The van der Waals surface area contributed by atoms with Crippen molar-refractivity contribution < 1.29 is 0 Å². The van der Waals surface area contributed by atoms with E-state index >= 15 is 0 Å². The number of nitrogens with one attached hydrogen (secondary N) is 2. The van der Waals surface area contributed by atoms with Gasteiger partial charge in [-0.25, -0.2) is 9.97 Å². The standard InChI is InChI=1S/C15H26N4/c1-11(2)8-12-9-17-15(18-10-12)19-14-6-4-13(16-3)5-7-14/h9-11,13-14,16H,4-8H2,1-3H3,(H,17,18,19). The van der Waals surface area contributed by atoms with Gasteiger partial charge in [0.25, 0.3) is 0 Å². The van der Waals surface area contributed by atoms with Crippen molar-refractivity contribution in [3.8, 4) is 0 Å². The average Bonchev–Trinajstić information content (AvgIpc) is 2.41. The topological polar surface area (TPSA) is 49.8 Å². The first-order valence-corrected chi connectivity index (χ1v) is 7.42. The van der Waals surface area contributed by atoms with Crippen LogP contribution in [0.3, 0.4) is 0 Å². The largest absolute Gasteiger partial charge is 0.351 e. The van der Waals surface area contributed by atoms with E-state index in [4.69, 9.17) is 0 Å². The molecule has 0 aliphatic heterocycles. The van der Waals surface area contributed by atoms with E-state index in [1.165, 1.54) is 31.2 Å². The van der Waals surface area contributed by atoms with E-state index in [9.17, 15) is 0 Å². The average molecular weight is 262 g/mol. The van der Waals surface area contributed by atoms with Crippen molar-refractivity contribution in [3.05, 3.63) is 18.0 Å². The minimum Gasteiger partial charge on any atom is -0.351 e. The number of nitrogens with zero attached hydrogens (tertiary/aromatic N) is 2. The van der Waals surface area contributed by atoms with E-state index in [1.807, 2.05) is 12.4 Å². The van der Waals surface area contributed by atoms with Gasteiger partial charge in [0.15, 0.2) is 0 Å². The summed E-state index contributed by atoms with van der Waals surface area (Å²) in [6, 6.07) is 1.22. The molecule has 1 aliphatic rings. The van der Waals surface area contributed by atoms with Crippen molar-refractivity contribution >= 4 is 5.95 Å². The zero-order valence-corrected chi connectivity index (χ0v) is 12.3. The second kappa shape index (κ2) is 6.85. The summed E-state index contributed by atoms with van der Waals surface area (Å²) in [6.07, 6.45) is 9.82. The monoisotopic (exact) mass is 262 g/mol. The summed E-state index contributed by atoms with van der Waals surface area (Å²) >= 11 is 0. The molecule has 0 spiro atoms. The summed E-state index contributed by atoms with van der Waals surface area (Å²) in [5.74, 6) is 1.43. The van der Waals surface area contributed by atoms with Crippen LogP contribution in [0.1, 0.15) is 45.1 Å². The molecule has 0 unspecified atom stereocenters. The normalized spacial score (nSPS) is 23.6. The Balaban J connectivity index is 1.83. The maximum Gasteiger partial charge on any atom is 0.222 e. The van der Waals surface area contributed by atoms with E-state index in [0.29, 0.717) is 18.0 Å². The van der Waals surface area contributed by atoms with Gasteiger partial charge in [0, 0.05) is 24.5 Å². The van der Waals surface area contributed by atoms with Gasteiger partial charge in [0.05, 0.1) is 0 Å². The molecule has 0 amide bonds. The van der Waals surface area contributed by atoms with Gasteiger partial charge in [0.2, 0.25) is 5.95 Å². The lowest BCUT2D eigenvalue weighted by molar-refractivity contribution is 0.370. The van der Waals surface area contributed by atoms with Crippen LogP contribution < -0.4 is 10.6 Å². The second-order valence-corrected chi connectivity index (χ2v) is 5.99. The molecule has 0 atom stereocenters. The summed E-state index contributed by atoms with van der Waals surface area (Å²) < 4.78 is 0. The highest BCUT2D eigenvalue weighted by Crippen LogP contribution is 2.20. The van der Waals surface area contributed by atoms with Gasteiger partial charge in [-0.2, -0.15) is 0 Å². The maximum absolute atomic E-state index is 4.43. The molecule has 4 heteroatoms. The fourth-order valence-electron chi connectivity index (χ4n) is 2.72. The molecule has 0 radical (unpaired) electrons.